The standard InChI is InChI=1S/C17H27ClN4O9S/c1-6-11(7-2)30-12-8-17(16(25)28-5,31-32(18,26)27)15(29-10(4)24)14(21-22-19)13(12)20-9(3)23/h11-15H,6-8H2,1-5H3,(H,20,23)/t12-,13+,14-,15+,17-/m1/s1. The van der Waals surface area contributed by atoms with Crippen LogP contribution >= 0.6 is 10.7 Å². The quantitative estimate of drug-likeness (QED) is 0.153. The van der Waals surface area contributed by atoms with E-state index in [1.165, 1.54) is 6.92 Å². The van der Waals surface area contributed by atoms with Crippen molar-refractivity contribution in [2.24, 2.45) is 5.11 Å². The first kappa shape index (κ1) is 27.9. The average Bonchev–Trinajstić information content (AvgIpc) is 2.68. The van der Waals surface area contributed by atoms with Crippen LogP contribution in [0, 0.1) is 0 Å². The fourth-order valence-corrected chi connectivity index (χ4v) is 4.62. The highest BCUT2D eigenvalue weighted by Crippen LogP contribution is 2.41. The Kier molecular flexibility index (Phi) is 10.2. The lowest BCUT2D eigenvalue weighted by Gasteiger charge is -2.49. The number of nitrogens with zero attached hydrogens (tertiary/aromatic N) is 3. The third-order valence-electron chi connectivity index (χ3n) is 4.95. The van der Waals surface area contributed by atoms with Crippen molar-refractivity contribution in [1.29, 1.82) is 0 Å². The van der Waals surface area contributed by atoms with Crippen LogP contribution in [0.2, 0.25) is 0 Å². The van der Waals surface area contributed by atoms with E-state index in [0.29, 0.717) is 12.8 Å². The van der Waals surface area contributed by atoms with Crippen LogP contribution in [0.1, 0.15) is 47.0 Å². The molecule has 0 radical (unpaired) electrons. The van der Waals surface area contributed by atoms with Crippen molar-refractivity contribution >= 4 is 37.9 Å². The highest BCUT2D eigenvalue weighted by atomic mass is 35.7. The van der Waals surface area contributed by atoms with Crippen LogP contribution in [-0.2, 0) is 42.1 Å². The first-order valence-electron chi connectivity index (χ1n) is 9.72. The summed E-state index contributed by atoms with van der Waals surface area (Å²) >= 11 is 0. The van der Waals surface area contributed by atoms with Crippen molar-refractivity contribution in [2.45, 2.75) is 83.0 Å². The largest absolute Gasteiger partial charge is 0.467 e. The maximum absolute atomic E-state index is 12.9. The van der Waals surface area contributed by atoms with E-state index in [1.54, 1.807) is 0 Å². The minimum Gasteiger partial charge on any atom is -0.467 e. The zero-order valence-corrected chi connectivity index (χ0v) is 19.9. The topological polar surface area (TPSA) is 183 Å². The van der Waals surface area contributed by atoms with Crippen LogP contribution in [0.25, 0.3) is 10.4 Å². The monoisotopic (exact) mass is 498 g/mol. The number of carbonyl (C=O) groups excluding carboxylic acids is 3. The van der Waals surface area contributed by atoms with Gasteiger partial charge in [0, 0.05) is 35.9 Å². The lowest BCUT2D eigenvalue weighted by atomic mass is 9.74. The molecule has 182 valence electrons. The summed E-state index contributed by atoms with van der Waals surface area (Å²) in [6, 6.07) is -2.62. The molecule has 0 heterocycles. The van der Waals surface area contributed by atoms with E-state index in [0.717, 1.165) is 14.0 Å². The Morgan fingerprint density at radius 1 is 1.28 bits per heavy atom. The summed E-state index contributed by atoms with van der Waals surface area (Å²) in [6.45, 7) is 5.86. The summed E-state index contributed by atoms with van der Waals surface area (Å²) in [6.07, 6.45) is -2.77. The lowest BCUT2D eigenvalue weighted by molar-refractivity contribution is -0.203. The van der Waals surface area contributed by atoms with Gasteiger partial charge >= 0.3 is 21.3 Å². The third kappa shape index (κ3) is 6.94. The minimum atomic E-state index is -4.85. The number of amides is 1. The molecule has 0 unspecified atom stereocenters. The van der Waals surface area contributed by atoms with Gasteiger partial charge in [-0.05, 0) is 18.4 Å². The number of halogens is 1. The summed E-state index contributed by atoms with van der Waals surface area (Å²) in [7, 11) is 1.41. The molecule has 32 heavy (non-hydrogen) atoms. The van der Waals surface area contributed by atoms with E-state index < -0.39 is 63.5 Å². The van der Waals surface area contributed by atoms with Crippen LogP contribution in [-0.4, -0.2) is 69.4 Å². The smallest absolute Gasteiger partial charge is 0.356 e. The lowest BCUT2D eigenvalue weighted by Crippen LogP contribution is -2.71. The number of methoxy groups -OCH3 is 1. The Hall–Kier alpha value is -2.12. The van der Waals surface area contributed by atoms with Gasteiger partial charge in [0.2, 0.25) is 11.5 Å². The molecule has 0 aliphatic heterocycles. The van der Waals surface area contributed by atoms with Gasteiger partial charge in [-0.1, -0.05) is 19.0 Å². The number of hydrogen-bond acceptors (Lipinski definition) is 10. The Morgan fingerprint density at radius 3 is 2.28 bits per heavy atom. The Morgan fingerprint density at radius 2 is 1.88 bits per heavy atom. The first-order valence-corrected chi connectivity index (χ1v) is 12.0. The summed E-state index contributed by atoms with van der Waals surface area (Å²) in [4.78, 5) is 39.3. The van der Waals surface area contributed by atoms with Gasteiger partial charge in [-0.2, -0.15) is 8.42 Å². The Balaban J connectivity index is 3.82. The molecule has 1 aliphatic carbocycles. The molecule has 0 aromatic rings. The molecule has 0 aromatic carbocycles. The van der Waals surface area contributed by atoms with E-state index in [2.05, 4.69) is 15.3 Å². The van der Waals surface area contributed by atoms with Crippen LogP contribution in [0.3, 0.4) is 0 Å². The van der Waals surface area contributed by atoms with Crippen molar-refractivity contribution in [3.8, 4) is 0 Å². The number of esters is 2. The number of hydrogen-bond donors (Lipinski definition) is 1. The van der Waals surface area contributed by atoms with Crippen LogP contribution in [0.15, 0.2) is 5.11 Å². The summed E-state index contributed by atoms with van der Waals surface area (Å²) in [5.74, 6) is -2.74. The molecule has 5 atom stereocenters. The molecule has 1 saturated carbocycles. The number of rotatable bonds is 10. The molecule has 0 saturated heterocycles. The number of azide groups is 1. The molecule has 1 N–H and O–H groups in total. The molecule has 1 fully saturated rings. The molecule has 1 rings (SSSR count). The van der Waals surface area contributed by atoms with E-state index in [9.17, 15) is 22.8 Å². The van der Waals surface area contributed by atoms with E-state index in [-0.39, 0.29) is 6.10 Å². The molecular weight excluding hydrogens is 472 g/mol. The van der Waals surface area contributed by atoms with Gasteiger partial charge in [0.1, 0.15) is 6.04 Å². The summed E-state index contributed by atoms with van der Waals surface area (Å²) in [5.41, 5.74) is 6.59. The van der Waals surface area contributed by atoms with E-state index >= 15 is 0 Å². The predicted molar refractivity (Wildman–Crippen MR) is 111 cm³/mol. The van der Waals surface area contributed by atoms with Crippen molar-refractivity contribution in [2.75, 3.05) is 7.11 Å². The molecule has 1 amide bonds. The number of ether oxygens (including phenoxy) is 3. The Labute approximate surface area is 190 Å². The van der Waals surface area contributed by atoms with Gasteiger partial charge in [0.05, 0.1) is 25.4 Å². The van der Waals surface area contributed by atoms with Crippen molar-refractivity contribution < 1.29 is 41.2 Å². The van der Waals surface area contributed by atoms with Crippen LogP contribution in [0.5, 0.6) is 0 Å². The summed E-state index contributed by atoms with van der Waals surface area (Å²) < 4.78 is 44.7. The third-order valence-corrected chi connectivity index (χ3v) is 5.63. The van der Waals surface area contributed by atoms with Crippen molar-refractivity contribution in [3.05, 3.63) is 10.4 Å². The number of nitrogens with one attached hydrogen (secondary N) is 1. The van der Waals surface area contributed by atoms with Crippen molar-refractivity contribution in [3.63, 3.8) is 0 Å². The van der Waals surface area contributed by atoms with Gasteiger partial charge in [-0.15, -0.1) is 0 Å². The fraction of sp³-hybridized carbons (Fsp3) is 0.824. The zero-order valence-electron chi connectivity index (χ0n) is 18.3. The van der Waals surface area contributed by atoms with Gasteiger partial charge in [0.15, 0.2) is 6.10 Å². The van der Waals surface area contributed by atoms with Crippen LogP contribution in [0.4, 0.5) is 0 Å². The second-order valence-corrected chi connectivity index (χ2v) is 9.21. The second-order valence-electron chi connectivity index (χ2n) is 7.13. The zero-order chi connectivity index (χ0) is 24.7. The minimum absolute atomic E-state index is 0.365. The average molecular weight is 499 g/mol. The van der Waals surface area contributed by atoms with Gasteiger partial charge in [-0.25, -0.2) is 8.98 Å². The number of carbonyl (C=O) groups is 3. The normalized spacial score (nSPS) is 27.8. The van der Waals surface area contributed by atoms with E-state index in [4.69, 9.17) is 34.6 Å². The van der Waals surface area contributed by atoms with Crippen LogP contribution < -0.4 is 5.32 Å². The molecule has 15 heteroatoms. The molecule has 0 aromatic heterocycles. The second kappa shape index (κ2) is 11.7. The molecule has 0 bridgehead atoms. The maximum atomic E-state index is 12.9. The molecular formula is C17H27ClN4O9S. The Bertz CT molecular complexity index is 860. The summed E-state index contributed by atoms with van der Waals surface area (Å²) in [5, 5.41) is 6.16. The molecule has 0 spiro atoms. The maximum Gasteiger partial charge on any atom is 0.356 e. The first-order chi connectivity index (χ1) is 14.8. The molecule has 13 nitrogen and oxygen atoms in total. The SMILES string of the molecule is CCC(CC)O[C@@H]1C[C@](OS(=O)(=O)Cl)(C(=O)OC)[C@@H](OC(C)=O)[C@H](N=[N+]=[N-])[C@H]1NC(C)=O. The van der Waals surface area contributed by atoms with E-state index in [1.807, 2.05) is 13.8 Å². The fourth-order valence-electron chi connectivity index (χ4n) is 3.70. The predicted octanol–water partition coefficient (Wildman–Crippen LogP) is 1.49. The highest BCUT2D eigenvalue weighted by Gasteiger charge is 2.64. The molecule has 1 aliphatic rings. The van der Waals surface area contributed by atoms with Gasteiger partial charge in [0.25, 0.3) is 0 Å². The highest BCUT2D eigenvalue weighted by molar-refractivity contribution is 8.10. The van der Waals surface area contributed by atoms with Gasteiger partial charge < -0.3 is 19.5 Å². The van der Waals surface area contributed by atoms with Crippen molar-refractivity contribution in [1.82, 2.24) is 5.32 Å². The van der Waals surface area contributed by atoms with Gasteiger partial charge in [-0.3, -0.25) is 9.59 Å².